The van der Waals surface area contributed by atoms with E-state index in [2.05, 4.69) is 15.3 Å². The van der Waals surface area contributed by atoms with Gasteiger partial charge in [0.15, 0.2) is 0 Å². The monoisotopic (exact) mass is 306 g/mol. The van der Waals surface area contributed by atoms with Crippen LogP contribution in [0.3, 0.4) is 0 Å². The first kappa shape index (κ1) is 15.3. The Morgan fingerprint density at radius 1 is 1.32 bits per heavy atom. The van der Waals surface area contributed by atoms with Crippen LogP contribution in [0.25, 0.3) is 0 Å². The minimum Gasteiger partial charge on any atom is -0.379 e. The lowest BCUT2D eigenvalue weighted by Crippen LogP contribution is -2.52. The molecule has 1 aliphatic carbocycles. The Labute approximate surface area is 131 Å². The molecule has 0 aromatic carbocycles. The molecule has 1 aliphatic heterocycles. The van der Waals surface area contributed by atoms with E-state index in [4.69, 9.17) is 4.74 Å². The Balaban J connectivity index is 1.66. The molecule has 1 saturated heterocycles. The van der Waals surface area contributed by atoms with Crippen LogP contribution in [0.5, 0.6) is 0 Å². The molecule has 2 N–H and O–H groups in total. The van der Waals surface area contributed by atoms with E-state index in [0.29, 0.717) is 0 Å². The van der Waals surface area contributed by atoms with Crippen LogP contribution < -0.4 is 5.32 Å². The predicted octanol–water partition coefficient (Wildman–Crippen LogP) is 2.60. The van der Waals surface area contributed by atoms with Crippen LogP contribution in [-0.2, 0) is 4.74 Å². The van der Waals surface area contributed by atoms with Gasteiger partial charge in [-0.1, -0.05) is 12.8 Å². The first-order chi connectivity index (χ1) is 10.8. The molecule has 1 aromatic heterocycles. The number of ether oxygens (including phenoxy) is 1. The van der Waals surface area contributed by atoms with Crippen molar-refractivity contribution in [1.82, 2.24) is 20.2 Å². The summed E-state index contributed by atoms with van der Waals surface area (Å²) in [7, 11) is 1.74. The molecule has 22 heavy (non-hydrogen) atoms. The van der Waals surface area contributed by atoms with Gasteiger partial charge in [-0.15, -0.1) is 0 Å². The van der Waals surface area contributed by atoms with Gasteiger partial charge >= 0.3 is 6.03 Å². The highest BCUT2D eigenvalue weighted by molar-refractivity contribution is 5.75. The van der Waals surface area contributed by atoms with Gasteiger partial charge in [0.25, 0.3) is 0 Å². The predicted molar refractivity (Wildman–Crippen MR) is 83.5 cm³/mol. The molecule has 2 amide bonds. The molecule has 3 atom stereocenters. The maximum Gasteiger partial charge on any atom is 0.318 e. The van der Waals surface area contributed by atoms with Gasteiger partial charge in [-0.2, -0.15) is 0 Å². The molecule has 6 nitrogen and oxygen atoms in total. The van der Waals surface area contributed by atoms with E-state index in [0.717, 1.165) is 50.9 Å². The molecular weight excluding hydrogens is 280 g/mol. The summed E-state index contributed by atoms with van der Waals surface area (Å²) in [6, 6.07) is 0.216. The van der Waals surface area contributed by atoms with E-state index in [9.17, 15) is 4.79 Å². The van der Waals surface area contributed by atoms with Gasteiger partial charge in [-0.25, -0.2) is 9.78 Å². The Morgan fingerprint density at radius 2 is 2.14 bits per heavy atom. The van der Waals surface area contributed by atoms with Gasteiger partial charge in [-0.05, 0) is 32.1 Å². The SMILES string of the molecule is CO[C@@H]1CCCC[C@@H]1NC(=O)N1CCCC[C@@H]1c1ncc[nH]1. The van der Waals surface area contributed by atoms with Crippen LogP contribution in [0.2, 0.25) is 0 Å². The van der Waals surface area contributed by atoms with E-state index in [1.165, 1.54) is 6.42 Å². The number of methoxy groups -OCH3 is 1. The van der Waals surface area contributed by atoms with E-state index >= 15 is 0 Å². The number of hydrogen-bond donors (Lipinski definition) is 2. The zero-order chi connectivity index (χ0) is 15.4. The molecule has 122 valence electrons. The van der Waals surface area contributed by atoms with E-state index in [-0.39, 0.29) is 24.2 Å². The zero-order valence-electron chi connectivity index (χ0n) is 13.3. The Bertz CT molecular complexity index is 477. The summed E-state index contributed by atoms with van der Waals surface area (Å²) in [4.78, 5) is 22.2. The maximum absolute atomic E-state index is 12.8. The molecule has 1 aromatic rings. The third kappa shape index (κ3) is 3.27. The summed E-state index contributed by atoms with van der Waals surface area (Å²) in [5, 5.41) is 3.20. The van der Waals surface area contributed by atoms with Crippen molar-refractivity contribution in [3.8, 4) is 0 Å². The van der Waals surface area contributed by atoms with Crippen molar-refractivity contribution in [1.29, 1.82) is 0 Å². The number of urea groups is 1. The highest BCUT2D eigenvalue weighted by Gasteiger charge is 2.33. The normalized spacial score (nSPS) is 29.3. The number of nitrogens with one attached hydrogen (secondary N) is 2. The first-order valence-corrected chi connectivity index (χ1v) is 8.39. The third-order valence-electron chi connectivity index (χ3n) is 4.91. The van der Waals surface area contributed by atoms with Gasteiger partial charge in [0, 0.05) is 26.0 Å². The summed E-state index contributed by atoms with van der Waals surface area (Å²) in [6.45, 7) is 0.793. The molecule has 0 spiro atoms. The van der Waals surface area contributed by atoms with Gasteiger partial charge in [0.2, 0.25) is 0 Å². The van der Waals surface area contributed by atoms with Crippen molar-refractivity contribution in [2.24, 2.45) is 0 Å². The van der Waals surface area contributed by atoms with Gasteiger partial charge in [0.05, 0.1) is 18.2 Å². The Hall–Kier alpha value is -1.56. The lowest BCUT2D eigenvalue weighted by molar-refractivity contribution is 0.0410. The highest BCUT2D eigenvalue weighted by Crippen LogP contribution is 2.29. The largest absolute Gasteiger partial charge is 0.379 e. The van der Waals surface area contributed by atoms with Crippen molar-refractivity contribution in [2.75, 3.05) is 13.7 Å². The molecule has 6 heteroatoms. The molecule has 0 radical (unpaired) electrons. The summed E-state index contributed by atoms with van der Waals surface area (Å²) < 4.78 is 5.54. The molecule has 2 fully saturated rings. The molecular formula is C16H26N4O2. The second kappa shape index (κ2) is 7.13. The smallest absolute Gasteiger partial charge is 0.318 e. The molecule has 2 aliphatic rings. The Morgan fingerprint density at radius 3 is 2.91 bits per heavy atom. The molecule has 3 rings (SSSR count). The maximum atomic E-state index is 12.8. The summed E-state index contributed by atoms with van der Waals surface area (Å²) in [5.74, 6) is 0.891. The van der Waals surface area contributed by atoms with E-state index in [1.807, 2.05) is 11.1 Å². The van der Waals surface area contributed by atoms with Gasteiger partial charge in [-0.3, -0.25) is 0 Å². The summed E-state index contributed by atoms with van der Waals surface area (Å²) in [5.41, 5.74) is 0. The van der Waals surface area contributed by atoms with Gasteiger partial charge < -0.3 is 19.9 Å². The summed E-state index contributed by atoms with van der Waals surface area (Å²) in [6.07, 6.45) is 11.3. The first-order valence-electron chi connectivity index (χ1n) is 8.39. The minimum atomic E-state index is 0.0232. The van der Waals surface area contributed by atoms with Crippen LogP contribution in [0.1, 0.15) is 56.8 Å². The number of rotatable bonds is 3. The van der Waals surface area contributed by atoms with Crippen LogP contribution in [0, 0.1) is 0 Å². The second-order valence-corrected chi connectivity index (χ2v) is 6.29. The lowest BCUT2D eigenvalue weighted by Gasteiger charge is -2.37. The number of aromatic amines is 1. The van der Waals surface area contributed by atoms with E-state index < -0.39 is 0 Å². The third-order valence-corrected chi connectivity index (χ3v) is 4.91. The van der Waals surface area contributed by atoms with Crippen LogP contribution in [-0.4, -0.2) is 46.7 Å². The molecule has 2 heterocycles. The Kier molecular flexibility index (Phi) is 4.97. The van der Waals surface area contributed by atoms with Crippen LogP contribution in [0.4, 0.5) is 4.79 Å². The van der Waals surface area contributed by atoms with E-state index in [1.54, 1.807) is 13.3 Å². The number of carbonyl (C=O) groups is 1. The van der Waals surface area contributed by atoms with Crippen molar-refractivity contribution in [2.45, 2.75) is 63.1 Å². The number of hydrogen-bond acceptors (Lipinski definition) is 3. The number of carbonyl (C=O) groups excluding carboxylic acids is 1. The highest BCUT2D eigenvalue weighted by atomic mass is 16.5. The minimum absolute atomic E-state index is 0.0232. The number of imidazole rings is 1. The van der Waals surface area contributed by atoms with Crippen molar-refractivity contribution < 1.29 is 9.53 Å². The second-order valence-electron chi connectivity index (χ2n) is 6.29. The zero-order valence-corrected chi connectivity index (χ0v) is 13.3. The number of H-pyrrole nitrogens is 1. The van der Waals surface area contributed by atoms with Gasteiger partial charge in [0.1, 0.15) is 5.82 Å². The fourth-order valence-corrected chi connectivity index (χ4v) is 3.70. The fourth-order valence-electron chi connectivity index (χ4n) is 3.70. The van der Waals surface area contributed by atoms with Crippen LogP contribution >= 0.6 is 0 Å². The standard InChI is InChI=1S/C16H26N4O2/c1-22-14-8-3-2-6-12(14)19-16(21)20-11-5-4-7-13(20)15-17-9-10-18-15/h9-10,12-14H,2-8,11H2,1H3,(H,17,18)(H,19,21)/t12-,13+,14+/m0/s1. The topological polar surface area (TPSA) is 70.2 Å². The molecule has 0 unspecified atom stereocenters. The number of piperidine rings is 1. The molecule has 1 saturated carbocycles. The number of likely N-dealkylation sites (tertiary alicyclic amines) is 1. The van der Waals surface area contributed by atoms with Crippen molar-refractivity contribution in [3.05, 3.63) is 18.2 Å². The number of nitrogens with zero attached hydrogens (tertiary/aromatic N) is 2. The number of amides is 2. The average Bonchev–Trinajstić information content (AvgIpc) is 3.09. The number of aromatic nitrogens is 2. The van der Waals surface area contributed by atoms with Crippen LogP contribution in [0.15, 0.2) is 12.4 Å². The molecule has 0 bridgehead atoms. The lowest BCUT2D eigenvalue weighted by atomic mass is 9.92. The quantitative estimate of drug-likeness (QED) is 0.902. The summed E-state index contributed by atoms with van der Waals surface area (Å²) >= 11 is 0. The van der Waals surface area contributed by atoms with Crippen molar-refractivity contribution >= 4 is 6.03 Å². The fraction of sp³-hybridized carbons (Fsp3) is 0.750. The average molecular weight is 306 g/mol. The van der Waals surface area contributed by atoms with Crippen molar-refractivity contribution in [3.63, 3.8) is 0 Å².